The molecule has 4 nitrogen and oxygen atoms in total. The topological polar surface area (TPSA) is 54.6 Å². The van der Waals surface area contributed by atoms with E-state index in [4.69, 9.17) is 4.42 Å². The fourth-order valence-corrected chi connectivity index (χ4v) is 2.47. The van der Waals surface area contributed by atoms with Gasteiger partial charge in [-0.1, -0.05) is 12.2 Å². The van der Waals surface area contributed by atoms with Crippen molar-refractivity contribution in [2.24, 2.45) is 16.9 Å². The fraction of sp³-hybridized carbons (Fsp3) is 0.385. The van der Waals surface area contributed by atoms with E-state index in [2.05, 4.69) is 22.7 Å². The minimum Gasteiger partial charge on any atom is -0.469 e. The summed E-state index contributed by atoms with van der Waals surface area (Å²) in [4.78, 5) is 11.8. The van der Waals surface area contributed by atoms with Crippen LogP contribution in [0.4, 0.5) is 0 Å². The second-order valence-corrected chi connectivity index (χ2v) is 4.57. The minimum absolute atomic E-state index is 0.196. The van der Waals surface area contributed by atoms with E-state index in [0.717, 1.165) is 18.6 Å². The van der Waals surface area contributed by atoms with Crippen LogP contribution in [0.3, 0.4) is 0 Å². The van der Waals surface area contributed by atoms with E-state index < -0.39 is 0 Å². The van der Waals surface area contributed by atoms with Crippen LogP contribution in [0.2, 0.25) is 0 Å². The number of allylic oxidation sites excluding steroid dienone is 2. The third-order valence-electron chi connectivity index (χ3n) is 3.57. The highest BCUT2D eigenvalue weighted by Gasteiger charge is 2.38. The first-order valence-electron chi connectivity index (χ1n) is 5.83. The van der Waals surface area contributed by atoms with E-state index >= 15 is 0 Å². The van der Waals surface area contributed by atoms with Crippen LogP contribution in [-0.4, -0.2) is 11.6 Å². The molecule has 0 aliphatic heterocycles. The predicted octanol–water partition coefficient (Wildman–Crippen LogP) is 2.27. The second kappa shape index (κ2) is 3.87. The average Bonchev–Trinajstić information content (AvgIpc) is 2.86. The molecule has 2 unspecified atom stereocenters. The number of nitrogens with zero attached hydrogens (tertiary/aromatic N) is 1. The monoisotopic (exact) mass is 230 g/mol. The molecule has 17 heavy (non-hydrogen) atoms. The molecule has 0 saturated heterocycles. The van der Waals surface area contributed by atoms with Gasteiger partial charge in [0.05, 0.1) is 11.8 Å². The van der Waals surface area contributed by atoms with Crippen LogP contribution >= 0.6 is 0 Å². The summed E-state index contributed by atoms with van der Waals surface area (Å²) >= 11 is 0. The van der Waals surface area contributed by atoms with Crippen molar-refractivity contribution in [1.82, 2.24) is 5.43 Å². The molecule has 1 heterocycles. The molecule has 2 aliphatic carbocycles. The van der Waals surface area contributed by atoms with Gasteiger partial charge in [-0.25, -0.2) is 5.43 Å². The number of carbonyl (C=O) groups excluding carboxylic acids is 1. The maximum absolute atomic E-state index is 11.8. The predicted molar refractivity (Wildman–Crippen MR) is 63.7 cm³/mol. The first kappa shape index (κ1) is 10.3. The third kappa shape index (κ3) is 1.69. The first-order valence-corrected chi connectivity index (χ1v) is 5.83. The highest BCUT2D eigenvalue weighted by atomic mass is 16.3. The van der Waals surface area contributed by atoms with E-state index in [-0.39, 0.29) is 5.91 Å². The molecule has 2 atom stereocenters. The Balaban J connectivity index is 1.64. The zero-order valence-electron chi connectivity index (χ0n) is 9.64. The number of carbonyl (C=O) groups is 1. The molecule has 0 bridgehead atoms. The van der Waals surface area contributed by atoms with Gasteiger partial charge in [-0.15, -0.1) is 0 Å². The number of fused-ring (bicyclic) bond motifs is 1. The van der Waals surface area contributed by atoms with Crippen LogP contribution in [0.5, 0.6) is 0 Å². The molecule has 0 aromatic carbocycles. The largest absolute Gasteiger partial charge is 0.469 e. The van der Waals surface area contributed by atoms with Crippen molar-refractivity contribution in [3.63, 3.8) is 0 Å². The van der Waals surface area contributed by atoms with Crippen LogP contribution < -0.4 is 5.43 Å². The number of furan rings is 1. The van der Waals surface area contributed by atoms with Gasteiger partial charge in [-0.2, -0.15) is 5.10 Å². The summed E-state index contributed by atoms with van der Waals surface area (Å²) in [5, 5.41) is 4.20. The summed E-state index contributed by atoms with van der Waals surface area (Å²) in [6, 6.07) is 1.66. The maximum atomic E-state index is 11.8. The van der Waals surface area contributed by atoms with Gasteiger partial charge in [0.2, 0.25) is 0 Å². The summed E-state index contributed by atoms with van der Waals surface area (Å²) in [6.45, 7) is 1.77. The zero-order chi connectivity index (χ0) is 11.8. The van der Waals surface area contributed by atoms with E-state index in [0.29, 0.717) is 23.2 Å². The molecule has 1 saturated carbocycles. The molecule has 1 amide bonds. The van der Waals surface area contributed by atoms with Gasteiger partial charge in [-0.3, -0.25) is 4.79 Å². The molecule has 3 rings (SSSR count). The molecule has 2 aliphatic rings. The number of nitrogens with one attached hydrogen (secondary N) is 1. The smallest absolute Gasteiger partial charge is 0.274 e. The van der Waals surface area contributed by atoms with Crippen LogP contribution in [0.1, 0.15) is 29.0 Å². The van der Waals surface area contributed by atoms with Crippen molar-refractivity contribution in [2.45, 2.75) is 19.8 Å². The summed E-state index contributed by atoms with van der Waals surface area (Å²) in [5.74, 6) is 1.61. The standard InChI is InChI=1S/C13H14N2O2/c1-8-10(5-6-17-8)13(16)15-14-12-7-9-3-2-4-11(9)12/h2-3,5-6,9,11H,4,7H2,1H3,(H,15,16)/b14-12-. The number of amides is 1. The molecule has 0 spiro atoms. The Morgan fingerprint density at radius 2 is 2.47 bits per heavy atom. The number of rotatable bonds is 2. The average molecular weight is 230 g/mol. The lowest BCUT2D eigenvalue weighted by Crippen LogP contribution is -2.35. The van der Waals surface area contributed by atoms with Crippen LogP contribution in [0.15, 0.2) is 34.0 Å². The van der Waals surface area contributed by atoms with Crippen molar-refractivity contribution >= 4 is 11.6 Å². The van der Waals surface area contributed by atoms with Gasteiger partial charge in [0.1, 0.15) is 5.76 Å². The number of aryl methyl sites for hydroxylation is 1. The molecule has 0 radical (unpaired) electrons. The molecular formula is C13H14N2O2. The lowest BCUT2D eigenvalue weighted by molar-refractivity contribution is 0.0952. The fourth-order valence-electron chi connectivity index (χ4n) is 2.47. The van der Waals surface area contributed by atoms with Crippen LogP contribution in [-0.2, 0) is 0 Å². The normalized spacial score (nSPS) is 27.9. The lowest BCUT2D eigenvalue weighted by atomic mass is 9.74. The van der Waals surface area contributed by atoms with Crippen molar-refractivity contribution in [3.05, 3.63) is 35.8 Å². The van der Waals surface area contributed by atoms with Crippen molar-refractivity contribution in [1.29, 1.82) is 0 Å². The molecule has 4 heteroatoms. The third-order valence-corrected chi connectivity index (χ3v) is 3.57. The quantitative estimate of drug-likeness (QED) is 0.626. The summed E-state index contributed by atoms with van der Waals surface area (Å²) in [7, 11) is 0. The molecule has 1 N–H and O–H groups in total. The second-order valence-electron chi connectivity index (χ2n) is 4.57. The number of hydrogen-bond acceptors (Lipinski definition) is 3. The van der Waals surface area contributed by atoms with Gasteiger partial charge >= 0.3 is 0 Å². The molecule has 1 fully saturated rings. The van der Waals surface area contributed by atoms with Gasteiger partial charge in [-0.05, 0) is 31.7 Å². The Kier molecular flexibility index (Phi) is 2.35. The van der Waals surface area contributed by atoms with Crippen LogP contribution in [0, 0.1) is 18.8 Å². The molecule has 1 aromatic heterocycles. The molecule has 1 aromatic rings. The van der Waals surface area contributed by atoms with Gasteiger partial charge in [0.15, 0.2) is 0 Å². The van der Waals surface area contributed by atoms with Gasteiger partial charge in [0.25, 0.3) is 5.91 Å². The van der Waals surface area contributed by atoms with Crippen LogP contribution in [0.25, 0.3) is 0 Å². The maximum Gasteiger partial charge on any atom is 0.274 e. The van der Waals surface area contributed by atoms with E-state index in [1.54, 1.807) is 13.0 Å². The Bertz CT molecular complexity index is 513. The summed E-state index contributed by atoms with van der Waals surface area (Å²) in [5.41, 5.74) is 4.26. The SMILES string of the molecule is Cc1occc1C(=O)N/N=C1/CC2C=CCC12. The Morgan fingerprint density at radius 3 is 3.18 bits per heavy atom. The molecule has 88 valence electrons. The van der Waals surface area contributed by atoms with Gasteiger partial charge in [0, 0.05) is 11.6 Å². The van der Waals surface area contributed by atoms with E-state index in [1.807, 2.05) is 0 Å². The molecular weight excluding hydrogens is 216 g/mol. The summed E-state index contributed by atoms with van der Waals surface area (Å²) < 4.78 is 5.08. The summed E-state index contributed by atoms with van der Waals surface area (Å²) in [6.07, 6.45) is 7.99. The number of hydrazone groups is 1. The van der Waals surface area contributed by atoms with E-state index in [1.165, 1.54) is 6.26 Å². The zero-order valence-corrected chi connectivity index (χ0v) is 9.64. The lowest BCUT2D eigenvalue weighted by Gasteiger charge is -2.31. The number of hydrogen-bond donors (Lipinski definition) is 1. The Hall–Kier alpha value is -1.84. The Labute approximate surface area is 99.4 Å². The van der Waals surface area contributed by atoms with E-state index in [9.17, 15) is 4.79 Å². The first-order chi connectivity index (χ1) is 8.25. The highest BCUT2D eigenvalue weighted by Crippen LogP contribution is 2.40. The van der Waals surface area contributed by atoms with Crippen molar-refractivity contribution in [3.8, 4) is 0 Å². The highest BCUT2D eigenvalue weighted by molar-refractivity contribution is 5.98. The Morgan fingerprint density at radius 1 is 1.59 bits per heavy atom. The van der Waals surface area contributed by atoms with Gasteiger partial charge < -0.3 is 4.42 Å². The van der Waals surface area contributed by atoms with Crippen molar-refractivity contribution in [2.75, 3.05) is 0 Å². The van der Waals surface area contributed by atoms with Crippen molar-refractivity contribution < 1.29 is 9.21 Å². The minimum atomic E-state index is -0.196.